The zero-order valence-corrected chi connectivity index (χ0v) is 14.3. The quantitative estimate of drug-likeness (QED) is 0.778. The normalized spacial score (nSPS) is 15.2. The highest BCUT2D eigenvalue weighted by atomic mass is 16.4. The van der Waals surface area contributed by atoms with Gasteiger partial charge in [-0.3, -0.25) is 0 Å². The molecule has 3 aromatic rings. The Morgan fingerprint density at radius 2 is 1.96 bits per heavy atom. The number of aromatic nitrogens is 2. The third kappa shape index (κ3) is 3.61. The fraction of sp³-hybridized carbons (Fsp3) is 0.316. The van der Waals surface area contributed by atoms with Crippen molar-refractivity contribution in [3.05, 3.63) is 60.4 Å². The van der Waals surface area contributed by atoms with E-state index in [1.807, 2.05) is 35.2 Å². The summed E-state index contributed by atoms with van der Waals surface area (Å²) in [6.07, 6.45) is 4.78. The number of furan rings is 1. The zero-order chi connectivity index (χ0) is 17.8. The molecule has 0 spiro atoms. The third-order valence-electron chi connectivity index (χ3n) is 4.63. The summed E-state index contributed by atoms with van der Waals surface area (Å²) in [5.41, 5.74) is 1.87. The van der Waals surface area contributed by atoms with Gasteiger partial charge in [0.2, 0.25) is 5.89 Å². The van der Waals surface area contributed by atoms with Gasteiger partial charge < -0.3 is 19.1 Å². The predicted octanol–water partition coefficient (Wildman–Crippen LogP) is 3.42. The Kier molecular flexibility index (Phi) is 4.68. The van der Waals surface area contributed by atoms with Gasteiger partial charge in [0.25, 0.3) is 5.89 Å². The van der Waals surface area contributed by atoms with Gasteiger partial charge in [-0.05, 0) is 24.5 Å². The number of likely N-dealkylation sites (tertiary alicyclic amines) is 1. The predicted molar refractivity (Wildman–Crippen MR) is 94.2 cm³/mol. The Balaban J connectivity index is 1.29. The summed E-state index contributed by atoms with van der Waals surface area (Å²) < 4.78 is 10.8. The van der Waals surface area contributed by atoms with E-state index in [-0.39, 0.29) is 11.9 Å². The molecule has 134 valence electrons. The van der Waals surface area contributed by atoms with E-state index in [0.29, 0.717) is 31.4 Å². The minimum atomic E-state index is -0.0306. The van der Waals surface area contributed by atoms with Crippen LogP contribution in [0, 0.1) is 0 Å². The number of hydrogen-bond donors (Lipinski definition) is 1. The second kappa shape index (κ2) is 7.43. The lowest BCUT2D eigenvalue weighted by Gasteiger charge is -2.30. The summed E-state index contributed by atoms with van der Waals surface area (Å²) in [7, 11) is 0. The van der Waals surface area contributed by atoms with E-state index < -0.39 is 0 Å². The van der Waals surface area contributed by atoms with Crippen LogP contribution < -0.4 is 5.32 Å². The molecule has 2 aromatic heterocycles. The molecule has 7 nitrogen and oxygen atoms in total. The van der Waals surface area contributed by atoms with Crippen LogP contribution in [0.4, 0.5) is 4.79 Å². The first-order valence-electron chi connectivity index (χ1n) is 8.72. The molecule has 1 aliphatic rings. The van der Waals surface area contributed by atoms with Crippen molar-refractivity contribution in [2.75, 3.05) is 13.1 Å². The average molecular weight is 352 g/mol. The number of piperidine rings is 1. The smallest absolute Gasteiger partial charge is 0.317 e. The van der Waals surface area contributed by atoms with Gasteiger partial charge in [0.05, 0.1) is 11.8 Å². The monoisotopic (exact) mass is 352 g/mol. The standard InChI is InChI=1S/C19H20N4O3/c24-19(20-12-14-4-2-1-3-5-14)23-9-6-15(7-10-23)17-21-22-18(26-17)16-8-11-25-13-16/h1-5,8,11,13,15H,6-7,9-10,12H2,(H,20,24). The number of carbonyl (C=O) groups excluding carboxylic acids is 1. The number of carbonyl (C=O) groups is 1. The second-order valence-corrected chi connectivity index (χ2v) is 6.36. The summed E-state index contributed by atoms with van der Waals surface area (Å²) in [6, 6.07) is 11.7. The molecule has 26 heavy (non-hydrogen) atoms. The molecular formula is C19H20N4O3. The van der Waals surface area contributed by atoms with E-state index in [2.05, 4.69) is 15.5 Å². The molecule has 0 atom stereocenters. The van der Waals surface area contributed by atoms with E-state index in [0.717, 1.165) is 24.0 Å². The number of benzene rings is 1. The number of urea groups is 1. The van der Waals surface area contributed by atoms with Gasteiger partial charge in [-0.25, -0.2) is 4.79 Å². The summed E-state index contributed by atoms with van der Waals surface area (Å²) >= 11 is 0. The molecule has 0 radical (unpaired) electrons. The molecule has 7 heteroatoms. The number of amides is 2. The summed E-state index contributed by atoms with van der Waals surface area (Å²) in [5, 5.41) is 11.2. The van der Waals surface area contributed by atoms with Crippen LogP contribution in [0.3, 0.4) is 0 Å². The van der Waals surface area contributed by atoms with Crippen LogP contribution in [0.15, 0.2) is 57.8 Å². The van der Waals surface area contributed by atoms with Crippen molar-refractivity contribution in [1.29, 1.82) is 0 Å². The number of nitrogens with zero attached hydrogens (tertiary/aromatic N) is 3. The van der Waals surface area contributed by atoms with Gasteiger partial charge in [0.15, 0.2) is 0 Å². The Hall–Kier alpha value is -3.09. The molecule has 0 aliphatic carbocycles. The maximum Gasteiger partial charge on any atom is 0.317 e. The fourth-order valence-corrected chi connectivity index (χ4v) is 3.12. The first-order valence-corrected chi connectivity index (χ1v) is 8.72. The first-order chi connectivity index (χ1) is 12.8. The highest BCUT2D eigenvalue weighted by Crippen LogP contribution is 2.29. The van der Waals surface area contributed by atoms with Crippen LogP contribution in [-0.4, -0.2) is 34.2 Å². The second-order valence-electron chi connectivity index (χ2n) is 6.36. The Labute approximate surface area is 151 Å². The molecule has 1 aromatic carbocycles. The molecule has 3 heterocycles. The van der Waals surface area contributed by atoms with Gasteiger partial charge in [0, 0.05) is 25.6 Å². The molecule has 2 amide bonds. The SMILES string of the molecule is O=C(NCc1ccccc1)N1CCC(c2nnc(-c3ccoc3)o2)CC1. The molecule has 1 aliphatic heterocycles. The van der Waals surface area contributed by atoms with E-state index in [4.69, 9.17) is 8.83 Å². The number of rotatable bonds is 4. The van der Waals surface area contributed by atoms with Crippen LogP contribution >= 0.6 is 0 Å². The van der Waals surface area contributed by atoms with Crippen LogP contribution in [0.2, 0.25) is 0 Å². The van der Waals surface area contributed by atoms with Gasteiger partial charge in [-0.2, -0.15) is 0 Å². The first kappa shape index (κ1) is 16.4. The van der Waals surface area contributed by atoms with E-state index >= 15 is 0 Å². The molecule has 1 fully saturated rings. The maximum atomic E-state index is 12.3. The van der Waals surface area contributed by atoms with Crippen molar-refractivity contribution >= 4 is 6.03 Å². The number of nitrogens with one attached hydrogen (secondary N) is 1. The highest BCUT2D eigenvalue weighted by Gasteiger charge is 2.27. The van der Waals surface area contributed by atoms with Crippen molar-refractivity contribution in [2.24, 2.45) is 0 Å². The summed E-state index contributed by atoms with van der Waals surface area (Å²) in [5.74, 6) is 1.28. The minimum absolute atomic E-state index is 0.0306. The Bertz CT molecular complexity index is 837. The fourth-order valence-electron chi connectivity index (χ4n) is 3.12. The molecule has 4 rings (SSSR count). The summed E-state index contributed by atoms with van der Waals surface area (Å²) in [4.78, 5) is 14.2. The Morgan fingerprint density at radius 1 is 1.15 bits per heavy atom. The summed E-state index contributed by atoms with van der Waals surface area (Å²) in [6.45, 7) is 1.89. The third-order valence-corrected chi connectivity index (χ3v) is 4.63. The van der Waals surface area contributed by atoms with Crippen molar-refractivity contribution in [3.63, 3.8) is 0 Å². The topological polar surface area (TPSA) is 84.4 Å². The van der Waals surface area contributed by atoms with E-state index in [1.54, 1.807) is 18.6 Å². The molecular weight excluding hydrogens is 332 g/mol. The average Bonchev–Trinajstić information content (AvgIpc) is 3.38. The van der Waals surface area contributed by atoms with Crippen LogP contribution in [0.5, 0.6) is 0 Å². The van der Waals surface area contributed by atoms with Crippen molar-refractivity contribution in [3.8, 4) is 11.5 Å². The Morgan fingerprint density at radius 3 is 2.69 bits per heavy atom. The largest absolute Gasteiger partial charge is 0.472 e. The van der Waals surface area contributed by atoms with Gasteiger partial charge in [-0.15, -0.1) is 10.2 Å². The molecule has 1 saturated heterocycles. The zero-order valence-electron chi connectivity index (χ0n) is 14.3. The highest BCUT2D eigenvalue weighted by molar-refractivity contribution is 5.74. The van der Waals surface area contributed by atoms with Crippen LogP contribution in [-0.2, 0) is 6.54 Å². The van der Waals surface area contributed by atoms with E-state index in [1.165, 1.54) is 0 Å². The van der Waals surface area contributed by atoms with Crippen molar-refractivity contribution < 1.29 is 13.6 Å². The van der Waals surface area contributed by atoms with Crippen molar-refractivity contribution in [2.45, 2.75) is 25.3 Å². The van der Waals surface area contributed by atoms with Crippen molar-refractivity contribution in [1.82, 2.24) is 20.4 Å². The minimum Gasteiger partial charge on any atom is -0.472 e. The van der Waals surface area contributed by atoms with Crippen LogP contribution in [0.25, 0.3) is 11.5 Å². The lowest BCUT2D eigenvalue weighted by atomic mass is 9.97. The lowest BCUT2D eigenvalue weighted by molar-refractivity contribution is 0.177. The molecule has 0 bridgehead atoms. The number of hydrogen-bond acceptors (Lipinski definition) is 5. The molecule has 0 saturated carbocycles. The maximum absolute atomic E-state index is 12.3. The van der Waals surface area contributed by atoms with Crippen LogP contribution in [0.1, 0.15) is 30.2 Å². The van der Waals surface area contributed by atoms with Gasteiger partial charge >= 0.3 is 6.03 Å². The van der Waals surface area contributed by atoms with Gasteiger partial charge in [0.1, 0.15) is 6.26 Å². The molecule has 0 unspecified atom stereocenters. The molecule has 1 N–H and O–H groups in total. The van der Waals surface area contributed by atoms with E-state index in [9.17, 15) is 4.79 Å². The lowest BCUT2D eigenvalue weighted by Crippen LogP contribution is -2.43. The van der Waals surface area contributed by atoms with Gasteiger partial charge in [-0.1, -0.05) is 30.3 Å².